The molecule has 0 atom stereocenters. The zero-order valence-electron chi connectivity index (χ0n) is 27.9. The van der Waals surface area contributed by atoms with Gasteiger partial charge < -0.3 is 4.42 Å². The van der Waals surface area contributed by atoms with Gasteiger partial charge in [-0.2, -0.15) is 0 Å². The Morgan fingerprint density at radius 2 is 1.25 bits per heavy atom. The maximum absolute atomic E-state index is 6.64. The van der Waals surface area contributed by atoms with Crippen molar-refractivity contribution >= 4 is 108 Å². The quantitative estimate of drug-likeness (QED) is 0.167. The van der Waals surface area contributed by atoms with Crippen LogP contribution < -0.4 is 0 Å². The Kier molecular flexibility index (Phi) is 5.71. The maximum atomic E-state index is 6.64. The summed E-state index contributed by atoms with van der Waals surface area (Å²) in [6, 6.07) is 54.8. The Morgan fingerprint density at radius 3 is 2.15 bits per heavy atom. The van der Waals surface area contributed by atoms with Gasteiger partial charge in [-0.25, -0.2) is 4.99 Å². The first-order valence-electron chi connectivity index (χ1n) is 17.8. The second-order valence-electron chi connectivity index (χ2n) is 13.8. The molecule has 0 unspecified atom stereocenters. The second kappa shape index (κ2) is 10.5. The largest absolute Gasteiger partial charge is 0.460 e. The van der Waals surface area contributed by atoms with Gasteiger partial charge >= 0.3 is 0 Å². The SMILES string of the molecule is C1=C(n2c3ccccc3c3c4sc5ccccc5c4c4ccccc4c32)N=C(c2ccc3c(ccc4ccccc43)c2)c2c(oc3ccccc23)C1. The predicted octanol–water partition coefficient (Wildman–Crippen LogP) is 13.3. The van der Waals surface area contributed by atoms with Crippen molar-refractivity contribution in [3.8, 4) is 0 Å². The van der Waals surface area contributed by atoms with Gasteiger partial charge in [-0.05, 0) is 57.3 Å². The average molecular weight is 681 g/mol. The molecule has 0 N–H and O–H groups in total. The lowest BCUT2D eigenvalue weighted by Gasteiger charge is -2.13. The molecule has 12 rings (SSSR count). The van der Waals surface area contributed by atoms with Crippen LogP contribution in [-0.4, -0.2) is 10.3 Å². The third kappa shape index (κ3) is 3.82. The smallest absolute Gasteiger partial charge is 0.135 e. The van der Waals surface area contributed by atoms with E-state index in [1.807, 2.05) is 17.4 Å². The number of fused-ring (bicyclic) bond motifs is 16. The molecular formula is C48H28N2OS. The minimum atomic E-state index is 0.627. The molecular weight excluding hydrogens is 653 g/mol. The maximum Gasteiger partial charge on any atom is 0.135 e. The van der Waals surface area contributed by atoms with Gasteiger partial charge in [0, 0.05) is 53.7 Å². The molecule has 4 heteroatoms. The Morgan fingerprint density at radius 1 is 0.558 bits per heavy atom. The molecule has 8 aromatic carbocycles. The highest BCUT2D eigenvalue weighted by Gasteiger charge is 2.27. The fraction of sp³-hybridized carbons (Fsp3) is 0.0208. The van der Waals surface area contributed by atoms with Crippen LogP contribution in [0.3, 0.4) is 0 Å². The van der Waals surface area contributed by atoms with Crippen molar-refractivity contribution in [3.05, 3.63) is 175 Å². The van der Waals surface area contributed by atoms with Crippen LogP contribution in [0.25, 0.3) is 91.1 Å². The molecule has 0 spiro atoms. The summed E-state index contributed by atoms with van der Waals surface area (Å²) in [6.45, 7) is 0. The van der Waals surface area contributed by atoms with E-state index in [-0.39, 0.29) is 0 Å². The molecule has 4 heterocycles. The van der Waals surface area contributed by atoms with Crippen LogP contribution in [-0.2, 0) is 6.42 Å². The van der Waals surface area contributed by atoms with Crippen molar-refractivity contribution in [2.75, 3.05) is 0 Å². The molecule has 11 aromatic rings. The minimum absolute atomic E-state index is 0.627. The molecule has 3 aromatic heterocycles. The molecule has 1 aliphatic heterocycles. The topological polar surface area (TPSA) is 30.4 Å². The van der Waals surface area contributed by atoms with E-state index < -0.39 is 0 Å². The number of thiophene rings is 1. The van der Waals surface area contributed by atoms with E-state index in [9.17, 15) is 0 Å². The van der Waals surface area contributed by atoms with Crippen LogP contribution in [0.1, 0.15) is 16.9 Å². The number of aliphatic imine (C=N–C) groups is 1. The number of furan rings is 1. The number of allylic oxidation sites excluding steroid dienone is 1. The van der Waals surface area contributed by atoms with E-state index in [1.165, 1.54) is 68.8 Å². The number of benzene rings is 8. The highest BCUT2D eigenvalue weighted by atomic mass is 32.1. The van der Waals surface area contributed by atoms with Gasteiger partial charge in [-0.15, -0.1) is 11.3 Å². The van der Waals surface area contributed by atoms with Gasteiger partial charge in [-0.3, -0.25) is 4.57 Å². The van der Waals surface area contributed by atoms with Crippen LogP contribution in [0.4, 0.5) is 0 Å². The van der Waals surface area contributed by atoms with Crippen LogP contribution in [0, 0.1) is 0 Å². The number of nitrogens with zero attached hydrogens (tertiary/aromatic N) is 2. The zero-order chi connectivity index (χ0) is 33.9. The van der Waals surface area contributed by atoms with E-state index in [1.54, 1.807) is 0 Å². The summed E-state index contributed by atoms with van der Waals surface area (Å²) in [5, 5.41) is 13.7. The molecule has 0 fully saturated rings. The fourth-order valence-electron chi connectivity index (χ4n) is 8.77. The van der Waals surface area contributed by atoms with Gasteiger partial charge in [0.2, 0.25) is 0 Å². The fourth-order valence-corrected chi connectivity index (χ4v) is 10.0. The number of hydrogen-bond acceptors (Lipinski definition) is 3. The van der Waals surface area contributed by atoms with Crippen LogP contribution in [0.5, 0.6) is 0 Å². The first-order chi connectivity index (χ1) is 25.8. The van der Waals surface area contributed by atoms with E-state index >= 15 is 0 Å². The molecule has 0 radical (unpaired) electrons. The molecule has 0 saturated heterocycles. The van der Waals surface area contributed by atoms with Crippen LogP contribution in [0.2, 0.25) is 0 Å². The molecule has 0 saturated carbocycles. The lowest BCUT2D eigenvalue weighted by Crippen LogP contribution is -2.06. The van der Waals surface area contributed by atoms with E-state index in [0.717, 1.165) is 44.9 Å². The summed E-state index contributed by atoms with van der Waals surface area (Å²) in [7, 11) is 0. The zero-order valence-corrected chi connectivity index (χ0v) is 28.7. The van der Waals surface area contributed by atoms with Gasteiger partial charge in [0.15, 0.2) is 0 Å². The summed E-state index contributed by atoms with van der Waals surface area (Å²) in [6.07, 6.45) is 2.89. The Labute approximate surface area is 302 Å². The van der Waals surface area contributed by atoms with Gasteiger partial charge in [0.25, 0.3) is 0 Å². The predicted molar refractivity (Wildman–Crippen MR) is 221 cm³/mol. The van der Waals surface area contributed by atoms with Crippen molar-refractivity contribution in [1.82, 2.24) is 4.57 Å². The summed E-state index contributed by atoms with van der Waals surface area (Å²) in [5.41, 5.74) is 6.30. The third-order valence-corrected chi connectivity index (χ3v) is 12.2. The second-order valence-corrected chi connectivity index (χ2v) is 14.8. The van der Waals surface area contributed by atoms with E-state index in [0.29, 0.717) is 6.42 Å². The molecule has 0 bridgehead atoms. The highest BCUT2D eigenvalue weighted by Crippen LogP contribution is 2.48. The normalized spacial score (nSPS) is 13.5. The summed E-state index contributed by atoms with van der Waals surface area (Å²) in [4.78, 5) is 5.74. The summed E-state index contributed by atoms with van der Waals surface area (Å²) < 4.78 is 11.7. The molecule has 242 valence electrons. The van der Waals surface area contributed by atoms with Crippen molar-refractivity contribution < 1.29 is 4.42 Å². The Hall–Kier alpha value is -6.49. The molecule has 1 aliphatic rings. The lowest BCUT2D eigenvalue weighted by atomic mass is 9.95. The number of rotatable bonds is 2. The number of aromatic nitrogens is 1. The lowest BCUT2D eigenvalue weighted by molar-refractivity contribution is 0.564. The summed E-state index contributed by atoms with van der Waals surface area (Å²) >= 11 is 1.89. The number of hydrogen-bond donors (Lipinski definition) is 0. The monoisotopic (exact) mass is 680 g/mol. The average Bonchev–Trinajstić information content (AvgIpc) is 3.84. The van der Waals surface area contributed by atoms with E-state index in [2.05, 4.69) is 156 Å². The third-order valence-electron chi connectivity index (χ3n) is 11.0. The standard InChI is InChI=1S/C48H28N2OS/c1-2-12-31-28(11-1)21-22-29-27-30(23-24-32(29)31)46-44-36-16-6-9-19-39(36)51-40(44)25-26-42(49-46)50-38-18-8-5-15-35(38)45-47(50)34-14-4-3-13-33(34)43-37-17-7-10-20-41(37)52-48(43)45/h1-24,26-27H,25H2. The molecule has 52 heavy (non-hydrogen) atoms. The molecule has 0 amide bonds. The highest BCUT2D eigenvalue weighted by molar-refractivity contribution is 7.27. The Balaban J connectivity index is 1.20. The molecule has 0 aliphatic carbocycles. The summed E-state index contributed by atoms with van der Waals surface area (Å²) in [5.74, 6) is 1.84. The van der Waals surface area contributed by atoms with Crippen LogP contribution >= 0.6 is 11.3 Å². The first-order valence-corrected chi connectivity index (χ1v) is 18.6. The van der Waals surface area contributed by atoms with Crippen molar-refractivity contribution in [1.29, 1.82) is 0 Å². The first kappa shape index (κ1) is 28.2. The number of para-hydroxylation sites is 2. The van der Waals surface area contributed by atoms with Crippen molar-refractivity contribution in [3.63, 3.8) is 0 Å². The van der Waals surface area contributed by atoms with Crippen molar-refractivity contribution in [2.45, 2.75) is 6.42 Å². The minimum Gasteiger partial charge on any atom is -0.460 e. The van der Waals surface area contributed by atoms with Gasteiger partial charge in [0.1, 0.15) is 17.2 Å². The van der Waals surface area contributed by atoms with Crippen molar-refractivity contribution in [2.24, 2.45) is 4.99 Å². The molecule has 3 nitrogen and oxygen atoms in total. The Bertz CT molecular complexity index is 3390. The van der Waals surface area contributed by atoms with E-state index in [4.69, 9.17) is 9.41 Å². The van der Waals surface area contributed by atoms with Gasteiger partial charge in [0.05, 0.1) is 22.3 Å². The van der Waals surface area contributed by atoms with Crippen LogP contribution in [0.15, 0.2) is 167 Å². The van der Waals surface area contributed by atoms with Gasteiger partial charge in [-0.1, -0.05) is 127 Å².